The second-order valence-electron chi connectivity index (χ2n) is 4.12. The van der Waals surface area contributed by atoms with Crippen LogP contribution in [-0.4, -0.2) is 30.8 Å². The molecule has 0 fully saturated rings. The second kappa shape index (κ2) is 6.05. The van der Waals surface area contributed by atoms with Gasteiger partial charge in [-0.15, -0.1) is 0 Å². The number of amides is 1. The Balaban J connectivity index is 2.27. The third-order valence-electron chi connectivity index (χ3n) is 2.83. The molecule has 1 amide bonds. The molecule has 0 atom stereocenters. The largest absolute Gasteiger partial charge is 0.466 e. The van der Waals surface area contributed by atoms with Gasteiger partial charge in [0.2, 0.25) is 0 Å². The highest BCUT2D eigenvalue weighted by atomic mass is 79.9. The Morgan fingerprint density at radius 2 is 2.00 bits per heavy atom. The van der Waals surface area contributed by atoms with Crippen LogP contribution in [0.3, 0.4) is 0 Å². The highest BCUT2D eigenvalue weighted by Crippen LogP contribution is 2.38. The zero-order valence-corrected chi connectivity index (χ0v) is 13.8. The molecule has 0 radical (unpaired) electrons. The van der Waals surface area contributed by atoms with Crippen LogP contribution in [0.4, 0.5) is 5.69 Å². The van der Waals surface area contributed by atoms with Gasteiger partial charge in [-0.3, -0.25) is 14.4 Å². The maximum Gasteiger partial charge on any atom is 0.307 e. The molecule has 1 aromatic carbocycles. The average molecular weight is 405 g/mol. The van der Waals surface area contributed by atoms with E-state index in [0.717, 1.165) is 0 Å². The summed E-state index contributed by atoms with van der Waals surface area (Å²) in [4.78, 5) is 36.6. The van der Waals surface area contributed by atoms with Crippen molar-refractivity contribution in [3.63, 3.8) is 0 Å². The van der Waals surface area contributed by atoms with Crippen LogP contribution in [-0.2, 0) is 14.3 Å². The quantitative estimate of drug-likeness (QED) is 0.571. The monoisotopic (exact) mass is 403 g/mol. The van der Waals surface area contributed by atoms with E-state index >= 15 is 0 Å². The second-order valence-corrected chi connectivity index (χ2v) is 5.89. The SMILES string of the molecule is CCOC(=O)CCN1C(=O)C(=O)c2cc(Br)cc(Br)c21. The molecule has 1 aliphatic heterocycles. The van der Waals surface area contributed by atoms with Gasteiger partial charge in [0.25, 0.3) is 11.7 Å². The molecule has 2 rings (SSSR count). The fourth-order valence-corrected chi connectivity index (χ4v) is 3.44. The first-order chi connectivity index (χ1) is 9.45. The van der Waals surface area contributed by atoms with Crippen molar-refractivity contribution in [3.05, 3.63) is 26.6 Å². The molecule has 5 nitrogen and oxygen atoms in total. The molecular weight excluding hydrogens is 394 g/mol. The number of rotatable bonds is 4. The molecule has 0 N–H and O–H groups in total. The predicted octanol–water partition coefficient (Wildman–Crippen LogP) is 2.69. The number of fused-ring (bicyclic) bond motifs is 1. The summed E-state index contributed by atoms with van der Waals surface area (Å²) < 4.78 is 6.15. The van der Waals surface area contributed by atoms with Crippen molar-refractivity contribution < 1.29 is 19.1 Å². The summed E-state index contributed by atoms with van der Waals surface area (Å²) in [6, 6.07) is 3.35. The number of hydrogen-bond donors (Lipinski definition) is 0. The molecule has 0 unspecified atom stereocenters. The lowest BCUT2D eigenvalue weighted by Crippen LogP contribution is -2.32. The van der Waals surface area contributed by atoms with Crippen molar-refractivity contribution in [2.45, 2.75) is 13.3 Å². The summed E-state index contributed by atoms with van der Waals surface area (Å²) in [6.45, 7) is 2.13. The minimum atomic E-state index is -0.622. The number of halogens is 2. The Morgan fingerprint density at radius 3 is 2.65 bits per heavy atom. The van der Waals surface area contributed by atoms with Crippen LogP contribution in [0, 0.1) is 0 Å². The summed E-state index contributed by atoms with van der Waals surface area (Å²) >= 11 is 6.62. The van der Waals surface area contributed by atoms with Gasteiger partial charge in [-0.05, 0) is 35.0 Å². The minimum absolute atomic E-state index is 0.0504. The van der Waals surface area contributed by atoms with Gasteiger partial charge in [-0.2, -0.15) is 0 Å². The number of ether oxygens (including phenoxy) is 1. The van der Waals surface area contributed by atoms with Crippen LogP contribution in [0.2, 0.25) is 0 Å². The van der Waals surface area contributed by atoms with Crippen LogP contribution < -0.4 is 4.90 Å². The molecule has 0 spiro atoms. The fourth-order valence-electron chi connectivity index (χ4n) is 2.00. The number of carbonyl (C=O) groups excluding carboxylic acids is 3. The Kier molecular flexibility index (Phi) is 4.59. The lowest BCUT2D eigenvalue weighted by molar-refractivity contribution is -0.142. The van der Waals surface area contributed by atoms with Crippen molar-refractivity contribution >= 4 is 55.2 Å². The van der Waals surface area contributed by atoms with E-state index < -0.39 is 17.7 Å². The van der Waals surface area contributed by atoms with Gasteiger partial charge in [0, 0.05) is 15.5 Å². The average Bonchev–Trinajstić information content (AvgIpc) is 2.61. The van der Waals surface area contributed by atoms with Crippen LogP contribution in [0.1, 0.15) is 23.7 Å². The van der Waals surface area contributed by atoms with Gasteiger partial charge in [0.05, 0.1) is 24.3 Å². The number of ketones is 1. The number of carbonyl (C=O) groups is 3. The standard InChI is InChI=1S/C13H11Br2NO4/c1-2-20-10(17)3-4-16-11-8(12(18)13(16)19)5-7(14)6-9(11)15/h5-6H,2-4H2,1H3. The Morgan fingerprint density at radius 1 is 1.30 bits per heavy atom. The van der Waals surface area contributed by atoms with Gasteiger partial charge in [-0.1, -0.05) is 15.9 Å². The highest BCUT2D eigenvalue weighted by Gasteiger charge is 2.37. The molecule has 0 saturated carbocycles. The Labute approximate surface area is 132 Å². The first kappa shape index (κ1) is 15.2. The van der Waals surface area contributed by atoms with E-state index in [1.54, 1.807) is 19.1 Å². The van der Waals surface area contributed by atoms with Gasteiger partial charge >= 0.3 is 5.97 Å². The molecule has 1 aliphatic rings. The first-order valence-electron chi connectivity index (χ1n) is 5.96. The number of hydrogen-bond acceptors (Lipinski definition) is 4. The van der Waals surface area contributed by atoms with Crippen molar-refractivity contribution in [2.75, 3.05) is 18.1 Å². The smallest absolute Gasteiger partial charge is 0.307 e. The van der Waals surface area contributed by atoms with E-state index in [1.807, 2.05) is 0 Å². The summed E-state index contributed by atoms with van der Waals surface area (Å²) in [7, 11) is 0. The lowest BCUT2D eigenvalue weighted by Gasteiger charge is -2.17. The number of esters is 1. The fraction of sp³-hybridized carbons (Fsp3) is 0.308. The maximum absolute atomic E-state index is 12.0. The molecule has 0 aliphatic carbocycles. The van der Waals surface area contributed by atoms with Gasteiger partial charge < -0.3 is 9.64 Å². The third kappa shape index (κ3) is 2.78. The summed E-state index contributed by atoms with van der Waals surface area (Å²) in [5.41, 5.74) is 0.840. The number of nitrogens with zero attached hydrogens (tertiary/aromatic N) is 1. The van der Waals surface area contributed by atoms with E-state index in [9.17, 15) is 14.4 Å². The maximum atomic E-state index is 12.0. The zero-order valence-electron chi connectivity index (χ0n) is 10.6. The first-order valence-corrected chi connectivity index (χ1v) is 7.55. The molecule has 0 aromatic heterocycles. The van der Waals surface area contributed by atoms with Gasteiger partial charge in [0.1, 0.15) is 0 Å². The van der Waals surface area contributed by atoms with E-state index in [4.69, 9.17) is 4.74 Å². The highest BCUT2D eigenvalue weighted by molar-refractivity contribution is 9.11. The lowest BCUT2D eigenvalue weighted by atomic mass is 10.1. The van der Waals surface area contributed by atoms with Gasteiger partial charge in [0.15, 0.2) is 0 Å². The molecule has 1 aromatic rings. The van der Waals surface area contributed by atoms with E-state index in [-0.39, 0.29) is 13.0 Å². The summed E-state index contributed by atoms with van der Waals surface area (Å²) in [6.07, 6.45) is 0.0504. The molecule has 20 heavy (non-hydrogen) atoms. The minimum Gasteiger partial charge on any atom is -0.466 e. The number of anilines is 1. The topological polar surface area (TPSA) is 63.7 Å². The number of Topliss-reactive ketones (excluding diaryl/α,β-unsaturated/α-hetero) is 1. The van der Waals surface area contributed by atoms with E-state index in [1.165, 1.54) is 4.90 Å². The van der Waals surface area contributed by atoms with Crippen LogP contribution in [0.15, 0.2) is 21.1 Å². The molecule has 0 bridgehead atoms. The summed E-state index contributed by atoms with van der Waals surface area (Å²) in [5, 5.41) is 0. The molecular formula is C13H11Br2NO4. The van der Waals surface area contributed by atoms with Gasteiger partial charge in [-0.25, -0.2) is 0 Å². The van der Waals surface area contributed by atoms with E-state index in [0.29, 0.717) is 26.8 Å². The Bertz CT molecular complexity index is 600. The van der Waals surface area contributed by atoms with Crippen LogP contribution in [0.5, 0.6) is 0 Å². The van der Waals surface area contributed by atoms with Crippen LogP contribution in [0.25, 0.3) is 0 Å². The van der Waals surface area contributed by atoms with Crippen molar-refractivity contribution in [1.82, 2.24) is 0 Å². The van der Waals surface area contributed by atoms with Crippen molar-refractivity contribution in [3.8, 4) is 0 Å². The molecule has 7 heteroatoms. The summed E-state index contributed by atoms with van der Waals surface area (Å²) in [5.74, 6) is -1.58. The van der Waals surface area contributed by atoms with Crippen LogP contribution >= 0.6 is 31.9 Å². The molecule has 1 heterocycles. The van der Waals surface area contributed by atoms with E-state index in [2.05, 4.69) is 31.9 Å². The molecule has 0 saturated heterocycles. The third-order valence-corrected chi connectivity index (χ3v) is 3.89. The predicted molar refractivity (Wildman–Crippen MR) is 79.8 cm³/mol. The van der Waals surface area contributed by atoms with Crippen molar-refractivity contribution in [2.24, 2.45) is 0 Å². The number of benzene rings is 1. The zero-order chi connectivity index (χ0) is 14.9. The Hall–Kier alpha value is -1.21. The normalized spacial score (nSPS) is 13.7. The molecule has 106 valence electrons. The van der Waals surface area contributed by atoms with Crippen molar-refractivity contribution in [1.29, 1.82) is 0 Å².